The van der Waals surface area contributed by atoms with Gasteiger partial charge in [0.15, 0.2) is 0 Å². The summed E-state index contributed by atoms with van der Waals surface area (Å²) in [5.41, 5.74) is 1.35. The molecular formula is C24H28F2N2O3. The summed E-state index contributed by atoms with van der Waals surface area (Å²) < 4.78 is 38.4. The van der Waals surface area contributed by atoms with Gasteiger partial charge >= 0.3 is 0 Å². The lowest BCUT2D eigenvalue weighted by Crippen LogP contribution is -2.41. The summed E-state index contributed by atoms with van der Waals surface area (Å²) >= 11 is 0. The number of carbonyl (C=O) groups excluding carboxylic acids is 1. The van der Waals surface area contributed by atoms with E-state index in [4.69, 9.17) is 9.47 Å². The first-order chi connectivity index (χ1) is 15.0. The smallest absolute Gasteiger partial charge is 0.237 e. The summed E-state index contributed by atoms with van der Waals surface area (Å²) in [6.07, 6.45) is 3.74. The Hall–Kier alpha value is -2.67. The van der Waals surface area contributed by atoms with E-state index in [1.807, 2.05) is 28.0 Å². The fourth-order valence-corrected chi connectivity index (χ4v) is 4.38. The predicted octanol–water partition coefficient (Wildman–Crippen LogP) is 4.31. The van der Waals surface area contributed by atoms with Crippen LogP contribution in [0.5, 0.6) is 11.5 Å². The Balaban J connectivity index is 1.51. The Labute approximate surface area is 181 Å². The molecule has 0 spiro atoms. The minimum absolute atomic E-state index is 0.0155. The van der Waals surface area contributed by atoms with Crippen LogP contribution in [0, 0.1) is 11.6 Å². The highest BCUT2D eigenvalue weighted by atomic mass is 19.1. The second kappa shape index (κ2) is 9.22. The Morgan fingerprint density at radius 2 is 1.90 bits per heavy atom. The summed E-state index contributed by atoms with van der Waals surface area (Å²) in [4.78, 5) is 17.2. The standard InChI is InChI=1S/C24H28F2N2O3/c1-30-19-9-10-23(31-2)20(13-19)22-4-3-11-28(22)24(29)15-27(18-7-8-18)14-16-5-6-17(25)12-21(16)26/h5-6,9-10,12-13,18,22H,3-4,7-8,11,14-15H2,1-2H3. The maximum Gasteiger partial charge on any atom is 0.237 e. The third-order valence-electron chi connectivity index (χ3n) is 6.16. The number of amides is 1. The molecule has 0 aromatic heterocycles. The van der Waals surface area contributed by atoms with Crippen LogP contribution in [0.2, 0.25) is 0 Å². The van der Waals surface area contributed by atoms with Crippen LogP contribution >= 0.6 is 0 Å². The average Bonchev–Trinajstić information content (AvgIpc) is 3.50. The van der Waals surface area contributed by atoms with Crippen molar-refractivity contribution in [3.05, 3.63) is 59.2 Å². The van der Waals surface area contributed by atoms with E-state index in [0.717, 1.165) is 48.8 Å². The molecule has 31 heavy (non-hydrogen) atoms. The molecule has 2 aliphatic rings. The molecule has 1 amide bonds. The van der Waals surface area contributed by atoms with Crippen molar-refractivity contribution in [2.24, 2.45) is 0 Å². The molecular weight excluding hydrogens is 402 g/mol. The third kappa shape index (κ3) is 4.82. The normalized spacial score (nSPS) is 18.5. The van der Waals surface area contributed by atoms with Crippen LogP contribution in [0.25, 0.3) is 0 Å². The molecule has 1 aliphatic heterocycles. The van der Waals surface area contributed by atoms with Crippen LogP contribution in [0.15, 0.2) is 36.4 Å². The molecule has 166 valence electrons. The van der Waals surface area contributed by atoms with Crippen LogP contribution in [0.3, 0.4) is 0 Å². The quantitative estimate of drug-likeness (QED) is 0.626. The number of ether oxygens (including phenoxy) is 2. The molecule has 5 nitrogen and oxygen atoms in total. The third-order valence-corrected chi connectivity index (χ3v) is 6.16. The van der Waals surface area contributed by atoms with Crippen LogP contribution < -0.4 is 9.47 Å². The number of methoxy groups -OCH3 is 2. The van der Waals surface area contributed by atoms with Gasteiger partial charge in [0.1, 0.15) is 23.1 Å². The number of hydrogen-bond donors (Lipinski definition) is 0. The zero-order valence-electron chi connectivity index (χ0n) is 17.9. The number of benzene rings is 2. The summed E-state index contributed by atoms with van der Waals surface area (Å²) in [5.74, 6) is 0.307. The minimum Gasteiger partial charge on any atom is -0.497 e. The van der Waals surface area contributed by atoms with Gasteiger partial charge < -0.3 is 14.4 Å². The van der Waals surface area contributed by atoms with Gasteiger partial charge in [-0.15, -0.1) is 0 Å². The maximum absolute atomic E-state index is 14.2. The molecule has 4 rings (SSSR count). The molecule has 1 aliphatic carbocycles. The van der Waals surface area contributed by atoms with Crippen molar-refractivity contribution in [3.8, 4) is 11.5 Å². The number of carbonyl (C=O) groups is 1. The monoisotopic (exact) mass is 430 g/mol. The molecule has 1 heterocycles. The number of likely N-dealkylation sites (tertiary alicyclic amines) is 1. The summed E-state index contributed by atoms with van der Waals surface area (Å²) in [6, 6.07) is 9.44. The van der Waals surface area contributed by atoms with Crippen LogP contribution in [-0.2, 0) is 11.3 Å². The van der Waals surface area contributed by atoms with Crippen molar-refractivity contribution in [2.75, 3.05) is 27.3 Å². The first-order valence-corrected chi connectivity index (χ1v) is 10.7. The Morgan fingerprint density at radius 3 is 2.58 bits per heavy atom. The van der Waals surface area contributed by atoms with Crippen molar-refractivity contribution >= 4 is 5.91 Å². The SMILES string of the molecule is COc1ccc(OC)c(C2CCCN2C(=O)CN(Cc2ccc(F)cc2F)C2CC2)c1. The van der Waals surface area contributed by atoms with E-state index in [9.17, 15) is 13.6 Å². The number of nitrogens with zero attached hydrogens (tertiary/aromatic N) is 2. The molecule has 0 bridgehead atoms. The van der Waals surface area contributed by atoms with Crippen molar-refractivity contribution < 1.29 is 23.0 Å². The zero-order chi connectivity index (χ0) is 22.0. The summed E-state index contributed by atoms with van der Waals surface area (Å²) in [6.45, 7) is 1.18. The second-order valence-electron chi connectivity index (χ2n) is 8.22. The van der Waals surface area contributed by atoms with E-state index in [0.29, 0.717) is 18.7 Å². The number of halogens is 2. The number of hydrogen-bond acceptors (Lipinski definition) is 4. The lowest BCUT2D eigenvalue weighted by molar-refractivity contribution is -0.133. The Morgan fingerprint density at radius 1 is 1.10 bits per heavy atom. The van der Waals surface area contributed by atoms with Gasteiger partial charge in [-0.1, -0.05) is 6.07 Å². The van der Waals surface area contributed by atoms with E-state index in [1.165, 1.54) is 12.1 Å². The van der Waals surface area contributed by atoms with Gasteiger partial charge in [0.25, 0.3) is 0 Å². The molecule has 1 unspecified atom stereocenters. The van der Waals surface area contributed by atoms with Gasteiger partial charge in [-0.25, -0.2) is 8.78 Å². The van der Waals surface area contributed by atoms with Crippen molar-refractivity contribution in [1.82, 2.24) is 9.80 Å². The van der Waals surface area contributed by atoms with E-state index < -0.39 is 11.6 Å². The average molecular weight is 430 g/mol. The Bertz CT molecular complexity index is 948. The van der Waals surface area contributed by atoms with Crippen molar-refractivity contribution in [1.29, 1.82) is 0 Å². The molecule has 2 fully saturated rings. The lowest BCUT2D eigenvalue weighted by atomic mass is 10.0. The molecule has 1 saturated carbocycles. The van der Waals surface area contributed by atoms with Crippen LogP contribution in [0.1, 0.15) is 42.9 Å². The lowest BCUT2D eigenvalue weighted by Gasteiger charge is -2.30. The maximum atomic E-state index is 14.2. The number of rotatable bonds is 8. The molecule has 1 saturated heterocycles. The van der Waals surface area contributed by atoms with E-state index >= 15 is 0 Å². The van der Waals surface area contributed by atoms with Gasteiger partial charge in [0.2, 0.25) is 5.91 Å². The summed E-state index contributed by atoms with van der Waals surface area (Å²) in [7, 11) is 3.24. The highest BCUT2D eigenvalue weighted by molar-refractivity contribution is 5.79. The first kappa shape index (κ1) is 21.6. The Kier molecular flexibility index (Phi) is 6.41. The molecule has 2 aromatic rings. The van der Waals surface area contributed by atoms with Gasteiger partial charge in [-0.05, 0) is 49.9 Å². The predicted molar refractivity (Wildman–Crippen MR) is 113 cm³/mol. The van der Waals surface area contributed by atoms with Gasteiger partial charge in [0.05, 0.1) is 26.8 Å². The molecule has 2 aromatic carbocycles. The van der Waals surface area contributed by atoms with Crippen LogP contribution in [-0.4, -0.2) is 49.1 Å². The van der Waals surface area contributed by atoms with E-state index in [1.54, 1.807) is 14.2 Å². The summed E-state index contributed by atoms with van der Waals surface area (Å²) in [5, 5.41) is 0. The second-order valence-corrected chi connectivity index (χ2v) is 8.22. The van der Waals surface area contributed by atoms with E-state index in [2.05, 4.69) is 0 Å². The molecule has 0 radical (unpaired) electrons. The van der Waals surface area contributed by atoms with Gasteiger partial charge in [0, 0.05) is 36.3 Å². The molecule has 7 heteroatoms. The van der Waals surface area contributed by atoms with E-state index in [-0.39, 0.29) is 24.5 Å². The fraction of sp³-hybridized carbons (Fsp3) is 0.458. The van der Waals surface area contributed by atoms with Crippen LogP contribution in [0.4, 0.5) is 8.78 Å². The van der Waals surface area contributed by atoms with Crippen molar-refractivity contribution in [3.63, 3.8) is 0 Å². The molecule has 0 N–H and O–H groups in total. The highest BCUT2D eigenvalue weighted by Crippen LogP contribution is 2.39. The zero-order valence-corrected chi connectivity index (χ0v) is 17.9. The topological polar surface area (TPSA) is 42.0 Å². The largest absolute Gasteiger partial charge is 0.497 e. The molecule has 1 atom stereocenters. The first-order valence-electron chi connectivity index (χ1n) is 10.7. The van der Waals surface area contributed by atoms with Gasteiger partial charge in [-0.3, -0.25) is 9.69 Å². The minimum atomic E-state index is -0.595. The van der Waals surface area contributed by atoms with Gasteiger partial charge in [-0.2, -0.15) is 0 Å². The van der Waals surface area contributed by atoms with Crippen molar-refractivity contribution in [2.45, 2.75) is 44.3 Å². The fourth-order valence-electron chi connectivity index (χ4n) is 4.38. The highest BCUT2D eigenvalue weighted by Gasteiger charge is 2.36.